The third-order valence-electron chi connectivity index (χ3n) is 3.88. The van der Waals surface area contributed by atoms with Crippen molar-refractivity contribution in [3.8, 4) is 0 Å². The van der Waals surface area contributed by atoms with E-state index < -0.39 is 0 Å². The Morgan fingerprint density at radius 2 is 2.18 bits per heavy atom. The number of anilines is 1. The van der Waals surface area contributed by atoms with E-state index in [1.165, 1.54) is 36.3 Å². The van der Waals surface area contributed by atoms with Gasteiger partial charge in [0.1, 0.15) is 0 Å². The molecule has 3 rings (SSSR count). The lowest BCUT2D eigenvalue weighted by Gasteiger charge is -2.28. The third-order valence-corrected chi connectivity index (χ3v) is 5.40. The van der Waals surface area contributed by atoms with Gasteiger partial charge in [-0.05, 0) is 48.8 Å². The second-order valence-corrected chi connectivity index (χ2v) is 7.26. The van der Waals surface area contributed by atoms with Gasteiger partial charge in [0.25, 0.3) is 0 Å². The molecular weight excluding hydrogens is 228 g/mol. The van der Waals surface area contributed by atoms with E-state index >= 15 is 0 Å². The van der Waals surface area contributed by atoms with Gasteiger partial charge in [0.15, 0.2) is 0 Å². The molecule has 1 aromatic carbocycles. The Morgan fingerprint density at radius 3 is 2.94 bits per heavy atom. The van der Waals surface area contributed by atoms with Crippen LogP contribution in [0.15, 0.2) is 18.2 Å². The Balaban J connectivity index is 1.69. The van der Waals surface area contributed by atoms with Crippen LogP contribution in [0.2, 0.25) is 0 Å². The molecule has 1 fully saturated rings. The standard InChI is InChI=1S/C14H20N2S/c1-14(5-2-6-17-14)10-16-8-11-3-4-13(15)7-12(11)9-16/h3-4,7H,2,5-6,8-10,15H2,1H3. The molecular formula is C14H20N2S. The van der Waals surface area contributed by atoms with E-state index in [1.807, 2.05) is 6.07 Å². The number of hydrogen-bond donors (Lipinski definition) is 1. The molecule has 0 aromatic heterocycles. The van der Waals surface area contributed by atoms with E-state index in [2.05, 4.69) is 35.7 Å². The lowest BCUT2D eigenvalue weighted by Crippen LogP contribution is -2.33. The number of fused-ring (bicyclic) bond motifs is 1. The summed E-state index contributed by atoms with van der Waals surface area (Å²) in [5.41, 5.74) is 9.63. The van der Waals surface area contributed by atoms with Crippen LogP contribution in [0, 0.1) is 0 Å². The summed E-state index contributed by atoms with van der Waals surface area (Å²) in [4.78, 5) is 2.57. The van der Waals surface area contributed by atoms with Crippen molar-refractivity contribution in [1.82, 2.24) is 4.90 Å². The molecule has 3 heteroatoms. The maximum absolute atomic E-state index is 5.84. The van der Waals surface area contributed by atoms with Gasteiger partial charge in [-0.25, -0.2) is 0 Å². The van der Waals surface area contributed by atoms with Crippen LogP contribution in [0.1, 0.15) is 30.9 Å². The van der Waals surface area contributed by atoms with Crippen molar-refractivity contribution in [3.05, 3.63) is 29.3 Å². The maximum atomic E-state index is 5.84. The van der Waals surface area contributed by atoms with Crippen molar-refractivity contribution in [2.75, 3.05) is 18.0 Å². The summed E-state index contributed by atoms with van der Waals surface area (Å²) in [6, 6.07) is 6.35. The molecule has 0 aliphatic carbocycles. The molecule has 0 saturated carbocycles. The Hall–Kier alpha value is -0.670. The predicted octanol–water partition coefficient (Wildman–Crippen LogP) is 2.87. The van der Waals surface area contributed by atoms with E-state index in [0.717, 1.165) is 18.8 Å². The van der Waals surface area contributed by atoms with Gasteiger partial charge in [-0.2, -0.15) is 11.8 Å². The highest BCUT2D eigenvalue weighted by Gasteiger charge is 2.33. The van der Waals surface area contributed by atoms with Crippen LogP contribution in [-0.2, 0) is 13.1 Å². The SMILES string of the molecule is CC1(CN2Cc3ccc(N)cc3C2)CCCS1. The summed E-state index contributed by atoms with van der Waals surface area (Å²) in [7, 11) is 0. The van der Waals surface area contributed by atoms with Crippen LogP contribution in [0.4, 0.5) is 5.69 Å². The Morgan fingerprint density at radius 1 is 1.35 bits per heavy atom. The Kier molecular flexibility index (Phi) is 2.83. The summed E-state index contributed by atoms with van der Waals surface area (Å²) in [6.07, 6.45) is 2.75. The minimum atomic E-state index is 0.480. The molecule has 2 nitrogen and oxygen atoms in total. The molecule has 1 unspecified atom stereocenters. The van der Waals surface area contributed by atoms with Crippen LogP contribution in [-0.4, -0.2) is 21.9 Å². The molecule has 2 aliphatic heterocycles. The first-order valence-corrected chi connectivity index (χ1v) is 7.37. The summed E-state index contributed by atoms with van der Waals surface area (Å²) in [6.45, 7) is 5.82. The normalized spacial score (nSPS) is 28.5. The molecule has 0 bridgehead atoms. The van der Waals surface area contributed by atoms with E-state index in [0.29, 0.717) is 4.75 Å². The zero-order valence-electron chi connectivity index (χ0n) is 10.4. The van der Waals surface area contributed by atoms with Gasteiger partial charge in [0.2, 0.25) is 0 Å². The molecule has 0 amide bonds. The van der Waals surface area contributed by atoms with E-state index in [9.17, 15) is 0 Å². The molecule has 1 aromatic rings. The number of rotatable bonds is 2. The highest BCUT2D eigenvalue weighted by Crippen LogP contribution is 2.39. The average molecular weight is 248 g/mol. The van der Waals surface area contributed by atoms with Crippen molar-refractivity contribution < 1.29 is 0 Å². The highest BCUT2D eigenvalue weighted by atomic mass is 32.2. The first-order chi connectivity index (χ1) is 8.15. The minimum absolute atomic E-state index is 0.480. The largest absolute Gasteiger partial charge is 0.399 e. The molecule has 2 aliphatic rings. The number of thioether (sulfide) groups is 1. The quantitative estimate of drug-likeness (QED) is 0.816. The van der Waals surface area contributed by atoms with Gasteiger partial charge in [-0.3, -0.25) is 4.90 Å². The van der Waals surface area contributed by atoms with Crippen molar-refractivity contribution in [3.63, 3.8) is 0 Å². The van der Waals surface area contributed by atoms with Gasteiger partial charge >= 0.3 is 0 Å². The van der Waals surface area contributed by atoms with Gasteiger partial charge in [-0.15, -0.1) is 0 Å². The first kappa shape index (κ1) is 11.4. The fourth-order valence-corrected chi connectivity index (χ4v) is 4.38. The first-order valence-electron chi connectivity index (χ1n) is 6.38. The highest BCUT2D eigenvalue weighted by molar-refractivity contribution is 8.00. The van der Waals surface area contributed by atoms with Gasteiger partial charge in [-0.1, -0.05) is 6.07 Å². The molecule has 92 valence electrons. The summed E-state index contributed by atoms with van der Waals surface area (Å²) >= 11 is 2.15. The lowest BCUT2D eigenvalue weighted by molar-refractivity contribution is 0.255. The number of nitrogens with zero attached hydrogens (tertiary/aromatic N) is 1. The molecule has 1 atom stereocenters. The van der Waals surface area contributed by atoms with Crippen LogP contribution < -0.4 is 5.73 Å². The second kappa shape index (κ2) is 4.21. The van der Waals surface area contributed by atoms with E-state index in [4.69, 9.17) is 5.73 Å². The molecule has 2 heterocycles. The van der Waals surface area contributed by atoms with Crippen LogP contribution in [0.3, 0.4) is 0 Å². The monoisotopic (exact) mass is 248 g/mol. The van der Waals surface area contributed by atoms with Gasteiger partial charge < -0.3 is 5.73 Å². The maximum Gasteiger partial charge on any atom is 0.0317 e. The molecule has 0 radical (unpaired) electrons. The molecule has 17 heavy (non-hydrogen) atoms. The average Bonchev–Trinajstić information content (AvgIpc) is 2.84. The van der Waals surface area contributed by atoms with Crippen molar-refractivity contribution in [2.45, 2.75) is 37.6 Å². The van der Waals surface area contributed by atoms with E-state index in [1.54, 1.807) is 0 Å². The van der Waals surface area contributed by atoms with Gasteiger partial charge in [0, 0.05) is 30.1 Å². The number of nitrogens with two attached hydrogens (primary N) is 1. The lowest BCUT2D eigenvalue weighted by atomic mass is 10.1. The molecule has 0 spiro atoms. The molecule has 1 saturated heterocycles. The number of hydrogen-bond acceptors (Lipinski definition) is 3. The Labute approximate surface area is 108 Å². The van der Waals surface area contributed by atoms with Crippen molar-refractivity contribution in [2.24, 2.45) is 0 Å². The van der Waals surface area contributed by atoms with Gasteiger partial charge in [0.05, 0.1) is 0 Å². The second-order valence-electron chi connectivity index (χ2n) is 5.58. The zero-order chi connectivity index (χ0) is 11.9. The van der Waals surface area contributed by atoms with Crippen LogP contribution in [0.25, 0.3) is 0 Å². The number of nitrogen functional groups attached to an aromatic ring is 1. The smallest absolute Gasteiger partial charge is 0.0317 e. The zero-order valence-corrected chi connectivity index (χ0v) is 11.2. The van der Waals surface area contributed by atoms with Crippen molar-refractivity contribution in [1.29, 1.82) is 0 Å². The fraction of sp³-hybridized carbons (Fsp3) is 0.571. The molecule has 2 N–H and O–H groups in total. The number of benzene rings is 1. The van der Waals surface area contributed by atoms with E-state index in [-0.39, 0.29) is 0 Å². The van der Waals surface area contributed by atoms with Crippen LogP contribution in [0.5, 0.6) is 0 Å². The summed E-state index contributed by atoms with van der Waals surface area (Å²) < 4.78 is 0.480. The summed E-state index contributed by atoms with van der Waals surface area (Å²) in [5.74, 6) is 1.34. The summed E-state index contributed by atoms with van der Waals surface area (Å²) in [5, 5.41) is 0. The topological polar surface area (TPSA) is 29.3 Å². The predicted molar refractivity (Wildman–Crippen MR) is 75.1 cm³/mol. The Bertz CT molecular complexity index is 424. The fourth-order valence-electron chi connectivity index (χ4n) is 3.03. The third kappa shape index (κ3) is 2.31. The minimum Gasteiger partial charge on any atom is -0.399 e. The van der Waals surface area contributed by atoms with Crippen molar-refractivity contribution >= 4 is 17.4 Å². The van der Waals surface area contributed by atoms with Crippen LogP contribution >= 0.6 is 11.8 Å².